The van der Waals surface area contributed by atoms with E-state index < -0.39 is 29.9 Å². The second-order valence-electron chi connectivity index (χ2n) is 5.41. The van der Waals surface area contributed by atoms with E-state index in [-0.39, 0.29) is 16.6 Å². The van der Waals surface area contributed by atoms with Crippen molar-refractivity contribution in [2.24, 2.45) is 0 Å². The summed E-state index contributed by atoms with van der Waals surface area (Å²) in [5, 5.41) is 8.98. The number of fused-ring (bicyclic) bond motifs is 1. The molecule has 136 valence electrons. The molecule has 0 aliphatic rings. The average molecular weight is 386 g/mol. The highest BCUT2D eigenvalue weighted by molar-refractivity contribution is 6.30. The van der Waals surface area contributed by atoms with E-state index in [0.29, 0.717) is 10.4 Å². The molecule has 8 nitrogen and oxygen atoms in total. The summed E-state index contributed by atoms with van der Waals surface area (Å²) in [6, 6.07) is 12.3. The first-order valence-electron chi connectivity index (χ1n) is 7.70. The molecule has 0 saturated heterocycles. The highest BCUT2D eigenvalue weighted by Gasteiger charge is 2.18. The lowest BCUT2D eigenvalue weighted by atomic mass is 10.1. The van der Waals surface area contributed by atoms with Gasteiger partial charge in [-0.15, -0.1) is 0 Å². The molecule has 0 saturated carbocycles. The average Bonchev–Trinajstić information content (AvgIpc) is 2.67. The lowest BCUT2D eigenvalue weighted by molar-refractivity contribution is -0.123. The van der Waals surface area contributed by atoms with Gasteiger partial charge in [0.25, 0.3) is 17.4 Å². The number of nitrogens with one attached hydrogen (secondary N) is 2. The van der Waals surface area contributed by atoms with E-state index in [1.54, 1.807) is 12.1 Å². The smallest absolute Gasteiger partial charge is 0.359 e. The predicted octanol–water partition coefficient (Wildman–Crippen LogP) is 1.69. The summed E-state index contributed by atoms with van der Waals surface area (Å²) in [5.74, 6) is -2.37. The molecule has 0 aliphatic heterocycles. The van der Waals surface area contributed by atoms with Crippen LogP contribution < -0.4 is 10.9 Å². The molecular formula is C18H12ClN3O5. The molecule has 9 heteroatoms. The van der Waals surface area contributed by atoms with Crippen molar-refractivity contribution in [3.05, 3.63) is 75.2 Å². The highest BCUT2D eigenvalue weighted by Crippen LogP contribution is 2.13. The van der Waals surface area contributed by atoms with E-state index >= 15 is 0 Å². The number of rotatable bonds is 4. The fraction of sp³-hybridized carbons (Fsp3) is 0.0556. The summed E-state index contributed by atoms with van der Waals surface area (Å²) < 4.78 is 4.88. The van der Waals surface area contributed by atoms with Crippen LogP contribution in [0.1, 0.15) is 20.8 Å². The first-order chi connectivity index (χ1) is 13.0. The molecule has 1 heterocycles. The highest BCUT2D eigenvalue weighted by atomic mass is 35.5. The Bertz CT molecular complexity index is 1090. The Morgan fingerprint density at radius 3 is 2.41 bits per heavy atom. The Morgan fingerprint density at radius 1 is 1.04 bits per heavy atom. The number of benzene rings is 2. The van der Waals surface area contributed by atoms with Crippen LogP contribution in [0.2, 0.25) is 5.02 Å². The Morgan fingerprint density at radius 2 is 1.70 bits per heavy atom. The van der Waals surface area contributed by atoms with Gasteiger partial charge in [0.05, 0.1) is 5.39 Å². The third-order valence-corrected chi connectivity index (χ3v) is 3.84. The van der Waals surface area contributed by atoms with Gasteiger partial charge in [-0.25, -0.2) is 9.89 Å². The number of carbonyl (C=O) groups excluding carboxylic acids is 3. The lowest BCUT2D eigenvalue weighted by Crippen LogP contribution is -2.34. The molecule has 0 fully saturated rings. The third-order valence-electron chi connectivity index (χ3n) is 3.58. The zero-order valence-corrected chi connectivity index (χ0v) is 14.4. The summed E-state index contributed by atoms with van der Waals surface area (Å²) >= 11 is 5.73. The van der Waals surface area contributed by atoms with Crippen molar-refractivity contribution in [1.82, 2.24) is 15.5 Å². The number of carbonyl (C=O) groups is 3. The van der Waals surface area contributed by atoms with Crippen LogP contribution in [-0.2, 0) is 9.53 Å². The standard InChI is InChI=1S/C18H12ClN3O5/c19-11-7-5-10(6-8-11)16(24)20-14(23)9-27-18(26)15-12-3-1-2-4-13(12)17(25)22-21-15/h1-8H,9H2,(H,22,25)(H,20,23,24). The van der Waals surface area contributed by atoms with Crippen molar-refractivity contribution in [3.8, 4) is 0 Å². The van der Waals surface area contributed by atoms with Crippen LogP contribution in [-0.4, -0.2) is 34.6 Å². The minimum absolute atomic E-state index is 0.137. The van der Waals surface area contributed by atoms with Gasteiger partial charge in [-0.1, -0.05) is 29.8 Å². The van der Waals surface area contributed by atoms with Crippen molar-refractivity contribution < 1.29 is 19.1 Å². The summed E-state index contributed by atoms with van der Waals surface area (Å²) in [7, 11) is 0. The molecule has 2 aromatic carbocycles. The summed E-state index contributed by atoms with van der Waals surface area (Å²) in [5.41, 5.74) is -0.358. The maximum Gasteiger partial charge on any atom is 0.359 e. The van der Waals surface area contributed by atoms with Crippen LogP contribution in [0.3, 0.4) is 0 Å². The largest absolute Gasteiger partial charge is 0.451 e. The zero-order chi connectivity index (χ0) is 19.4. The number of imide groups is 1. The number of hydrogen-bond acceptors (Lipinski definition) is 6. The number of aromatic amines is 1. The second-order valence-corrected chi connectivity index (χ2v) is 5.84. The van der Waals surface area contributed by atoms with Crippen LogP contribution in [0.25, 0.3) is 10.8 Å². The first kappa shape index (κ1) is 18.3. The van der Waals surface area contributed by atoms with Crippen molar-refractivity contribution in [2.45, 2.75) is 0 Å². The lowest BCUT2D eigenvalue weighted by Gasteiger charge is -2.07. The summed E-state index contributed by atoms with van der Waals surface area (Å²) in [6.45, 7) is -0.687. The van der Waals surface area contributed by atoms with Crippen molar-refractivity contribution in [1.29, 1.82) is 0 Å². The van der Waals surface area contributed by atoms with E-state index in [4.69, 9.17) is 16.3 Å². The van der Waals surface area contributed by atoms with Crippen LogP contribution in [0.15, 0.2) is 53.3 Å². The fourth-order valence-electron chi connectivity index (χ4n) is 2.31. The van der Waals surface area contributed by atoms with Gasteiger partial charge in [0.2, 0.25) is 0 Å². The molecule has 0 aliphatic carbocycles. The topological polar surface area (TPSA) is 118 Å². The molecule has 3 aromatic rings. The number of ether oxygens (including phenoxy) is 1. The molecule has 27 heavy (non-hydrogen) atoms. The Balaban J connectivity index is 1.65. The molecule has 0 atom stereocenters. The molecule has 2 amide bonds. The monoisotopic (exact) mass is 385 g/mol. The molecule has 0 radical (unpaired) electrons. The number of amides is 2. The fourth-order valence-corrected chi connectivity index (χ4v) is 2.43. The van der Waals surface area contributed by atoms with Gasteiger partial charge in [-0.05, 0) is 30.3 Å². The molecule has 1 aromatic heterocycles. The van der Waals surface area contributed by atoms with Crippen molar-refractivity contribution in [3.63, 3.8) is 0 Å². The second kappa shape index (κ2) is 7.79. The van der Waals surface area contributed by atoms with E-state index in [1.807, 2.05) is 0 Å². The first-order valence-corrected chi connectivity index (χ1v) is 8.08. The SMILES string of the molecule is O=C(COC(=O)c1n[nH]c(=O)c2ccccc12)NC(=O)c1ccc(Cl)cc1. The van der Waals surface area contributed by atoms with Gasteiger partial charge < -0.3 is 4.74 Å². The number of aromatic nitrogens is 2. The van der Waals surface area contributed by atoms with Crippen LogP contribution >= 0.6 is 11.6 Å². The number of H-pyrrole nitrogens is 1. The van der Waals surface area contributed by atoms with E-state index in [1.165, 1.54) is 36.4 Å². The Kier molecular flexibility index (Phi) is 5.28. The number of nitrogens with zero attached hydrogens (tertiary/aromatic N) is 1. The van der Waals surface area contributed by atoms with Gasteiger partial charge >= 0.3 is 5.97 Å². The van der Waals surface area contributed by atoms with Crippen LogP contribution in [0, 0.1) is 0 Å². The molecular weight excluding hydrogens is 374 g/mol. The number of hydrogen-bond donors (Lipinski definition) is 2. The van der Waals surface area contributed by atoms with Crippen molar-refractivity contribution in [2.75, 3.05) is 6.61 Å². The van der Waals surface area contributed by atoms with E-state index in [2.05, 4.69) is 15.5 Å². The van der Waals surface area contributed by atoms with Gasteiger partial charge in [0.15, 0.2) is 12.3 Å². The minimum Gasteiger partial charge on any atom is -0.451 e. The van der Waals surface area contributed by atoms with E-state index in [9.17, 15) is 19.2 Å². The normalized spacial score (nSPS) is 10.4. The predicted molar refractivity (Wildman–Crippen MR) is 96.6 cm³/mol. The maximum absolute atomic E-state index is 12.2. The minimum atomic E-state index is -0.906. The molecule has 2 N–H and O–H groups in total. The number of esters is 1. The molecule has 0 bridgehead atoms. The van der Waals surface area contributed by atoms with Gasteiger partial charge in [-0.2, -0.15) is 5.10 Å². The molecule has 0 unspecified atom stereocenters. The van der Waals surface area contributed by atoms with Crippen LogP contribution in [0.4, 0.5) is 0 Å². The maximum atomic E-state index is 12.2. The van der Waals surface area contributed by atoms with Crippen LogP contribution in [0.5, 0.6) is 0 Å². The Hall–Kier alpha value is -3.52. The Labute approximate surface area is 157 Å². The third kappa shape index (κ3) is 4.18. The molecule has 0 spiro atoms. The zero-order valence-electron chi connectivity index (χ0n) is 13.7. The van der Waals surface area contributed by atoms with E-state index in [0.717, 1.165) is 0 Å². The summed E-state index contributed by atoms with van der Waals surface area (Å²) in [4.78, 5) is 47.7. The van der Waals surface area contributed by atoms with Gasteiger partial charge in [0, 0.05) is 16.0 Å². The summed E-state index contributed by atoms with van der Waals surface area (Å²) in [6.07, 6.45) is 0. The quantitative estimate of drug-likeness (QED) is 0.660. The molecule has 3 rings (SSSR count). The van der Waals surface area contributed by atoms with Crippen molar-refractivity contribution >= 4 is 40.2 Å². The van der Waals surface area contributed by atoms with Gasteiger partial charge in [-0.3, -0.25) is 19.7 Å². The van der Waals surface area contributed by atoms with Gasteiger partial charge in [0.1, 0.15) is 0 Å². The number of halogens is 1.